The predicted octanol–water partition coefficient (Wildman–Crippen LogP) is 2.00. The molecule has 1 aliphatic heterocycles. The van der Waals surface area contributed by atoms with Crippen LogP contribution in [0.4, 0.5) is 4.39 Å². The zero-order chi connectivity index (χ0) is 14.0. The van der Waals surface area contributed by atoms with Crippen LogP contribution in [0.25, 0.3) is 0 Å². The van der Waals surface area contributed by atoms with Crippen LogP contribution in [0.1, 0.15) is 6.92 Å². The van der Waals surface area contributed by atoms with E-state index in [9.17, 15) is 12.8 Å². The Balaban J connectivity index is 2.29. The molecule has 0 bridgehead atoms. The number of morpholine rings is 1. The summed E-state index contributed by atoms with van der Waals surface area (Å²) in [6.07, 6.45) is -0.369. The van der Waals surface area contributed by atoms with Crippen LogP contribution in [0.5, 0.6) is 0 Å². The lowest BCUT2D eigenvalue weighted by Crippen LogP contribution is -2.49. The highest BCUT2D eigenvalue weighted by atomic mass is 79.9. The summed E-state index contributed by atoms with van der Waals surface area (Å²) in [7, 11) is -3.67. The summed E-state index contributed by atoms with van der Waals surface area (Å²) in [5.41, 5.74) is 0. The van der Waals surface area contributed by atoms with E-state index < -0.39 is 15.8 Å². The third-order valence-electron chi connectivity index (χ3n) is 2.90. The average Bonchev–Trinajstić information content (AvgIpc) is 2.38. The molecular weight excluding hydrogens is 337 g/mol. The molecule has 106 valence electrons. The van der Waals surface area contributed by atoms with Crippen LogP contribution in [-0.4, -0.2) is 43.4 Å². The first-order valence-corrected chi connectivity index (χ1v) is 8.47. The fourth-order valence-electron chi connectivity index (χ4n) is 2.06. The number of benzene rings is 1. The van der Waals surface area contributed by atoms with Gasteiger partial charge in [0.05, 0.1) is 17.1 Å². The van der Waals surface area contributed by atoms with Crippen molar-refractivity contribution in [1.82, 2.24) is 4.31 Å². The standard InChI is InChI=1S/C12H15BrFNO3S/c1-9-7-15(8-11(6-13)18-9)19(16,17)12-4-2-3-10(14)5-12/h2-5,9,11H,6-8H2,1H3. The highest BCUT2D eigenvalue weighted by Crippen LogP contribution is 2.22. The lowest BCUT2D eigenvalue weighted by molar-refractivity contribution is -0.0411. The molecular formula is C12H15BrFNO3S. The minimum absolute atomic E-state index is 0.0186. The fraction of sp³-hybridized carbons (Fsp3) is 0.500. The third-order valence-corrected chi connectivity index (χ3v) is 5.45. The molecule has 0 amide bonds. The van der Waals surface area contributed by atoms with Gasteiger partial charge in [0.25, 0.3) is 0 Å². The van der Waals surface area contributed by atoms with E-state index >= 15 is 0 Å². The molecule has 0 aliphatic carbocycles. The van der Waals surface area contributed by atoms with Crippen LogP contribution in [0, 0.1) is 5.82 Å². The van der Waals surface area contributed by atoms with Gasteiger partial charge in [0.2, 0.25) is 10.0 Å². The van der Waals surface area contributed by atoms with E-state index in [0.29, 0.717) is 5.33 Å². The van der Waals surface area contributed by atoms with E-state index in [-0.39, 0.29) is 30.2 Å². The number of hydrogen-bond acceptors (Lipinski definition) is 3. The van der Waals surface area contributed by atoms with Crippen molar-refractivity contribution < 1.29 is 17.5 Å². The van der Waals surface area contributed by atoms with E-state index in [4.69, 9.17) is 4.74 Å². The molecule has 1 aromatic carbocycles. The molecule has 4 nitrogen and oxygen atoms in total. The number of rotatable bonds is 3. The Kier molecular flexibility index (Phi) is 4.60. The molecule has 2 unspecified atom stereocenters. The molecule has 0 saturated carbocycles. The van der Waals surface area contributed by atoms with Gasteiger partial charge in [-0.05, 0) is 25.1 Å². The topological polar surface area (TPSA) is 46.6 Å². The van der Waals surface area contributed by atoms with Crippen LogP contribution in [0.2, 0.25) is 0 Å². The number of ether oxygens (including phenoxy) is 1. The number of hydrogen-bond donors (Lipinski definition) is 0. The minimum Gasteiger partial charge on any atom is -0.372 e. The Morgan fingerprint density at radius 3 is 2.84 bits per heavy atom. The maximum Gasteiger partial charge on any atom is 0.243 e. The summed E-state index contributed by atoms with van der Waals surface area (Å²) in [6, 6.07) is 5.07. The number of sulfonamides is 1. The molecule has 1 fully saturated rings. The van der Waals surface area contributed by atoms with E-state index in [2.05, 4.69) is 15.9 Å². The SMILES string of the molecule is CC1CN(S(=O)(=O)c2cccc(F)c2)CC(CBr)O1. The van der Waals surface area contributed by atoms with Crippen molar-refractivity contribution in [2.24, 2.45) is 0 Å². The Morgan fingerprint density at radius 2 is 2.21 bits per heavy atom. The zero-order valence-corrected chi connectivity index (χ0v) is 12.8. The first-order valence-electron chi connectivity index (χ1n) is 5.90. The molecule has 0 spiro atoms. The Labute approximate surface area is 120 Å². The lowest BCUT2D eigenvalue weighted by atomic mass is 10.3. The molecule has 0 radical (unpaired) electrons. The number of nitrogens with zero attached hydrogens (tertiary/aromatic N) is 1. The second kappa shape index (κ2) is 5.87. The maximum atomic E-state index is 13.2. The average molecular weight is 352 g/mol. The van der Waals surface area contributed by atoms with Gasteiger partial charge < -0.3 is 4.74 Å². The Bertz CT molecular complexity index is 552. The molecule has 0 N–H and O–H groups in total. The smallest absolute Gasteiger partial charge is 0.243 e. The maximum absolute atomic E-state index is 13.2. The van der Waals surface area contributed by atoms with Crippen LogP contribution in [0.15, 0.2) is 29.2 Å². The molecule has 19 heavy (non-hydrogen) atoms. The molecule has 1 aromatic rings. The van der Waals surface area contributed by atoms with Crippen molar-refractivity contribution in [2.45, 2.75) is 24.0 Å². The normalized spacial score (nSPS) is 25.4. The van der Waals surface area contributed by atoms with Gasteiger partial charge in [-0.2, -0.15) is 4.31 Å². The summed E-state index contributed by atoms with van der Waals surface area (Å²) in [6.45, 7) is 2.37. The molecule has 1 saturated heterocycles. The highest BCUT2D eigenvalue weighted by Gasteiger charge is 2.33. The van der Waals surface area contributed by atoms with Crippen LogP contribution >= 0.6 is 15.9 Å². The van der Waals surface area contributed by atoms with E-state index in [1.165, 1.54) is 22.5 Å². The Hall–Kier alpha value is -0.500. The van der Waals surface area contributed by atoms with Gasteiger partial charge in [0.1, 0.15) is 5.82 Å². The second-order valence-corrected chi connectivity index (χ2v) is 7.09. The lowest BCUT2D eigenvalue weighted by Gasteiger charge is -2.35. The summed E-state index contributed by atoms with van der Waals surface area (Å²) in [5, 5.41) is 0.562. The zero-order valence-electron chi connectivity index (χ0n) is 10.4. The highest BCUT2D eigenvalue weighted by molar-refractivity contribution is 9.09. The number of alkyl halides is 1. The van der Waals surface area contributed by atoms with Crippen LogP contribution in [-0.2, 0) is 14.8 Å². The summed E-state index contributed by atoms with van der Waals surface area (Å²) >= 11 is 3.29. The molecule has 2 atom stereocenters. The van der Waals surface area contributed by atoms with Crippen LogP contribution < -0.4 is 0 Å². The van der Waals surface area contributed by atoms with Gasteiger partial charge in [0.15, 0.2) is 0 Å². The molecule has 1 heterocycles. The van der Waals surface area contributed by atoms with E-state index in [0.717, 1.165) is 6.07 Å². The monoisotopic (exact) mass is 351 g/mol. The van der Waals surface area contributed by atoms with Gasteiger partial charge in [-0.15, -0.1) is 0 Å². The van der Waals surface area contributed by atoms with Gasteiger partial charge >= 0.3 is 0 Å². The van der Waals surface area contributed by atoms with Crippen molar-refractivity contribution in [3.05, 3.63) is 30.1 Å². The first-order chi connectivity index (χ1) is 8.93. The third kappa shape index (κ3) is 3.34. The second-order valence-electron chi connectivity index (χ2n) is 4.50. The van der Waals surface area contributed by atoms with Gasteiger partial charge in [-0.25, -0.2) is 12.8 Å². The fourth-order valence-corrected chi connectivity index (χ4v) is 4.00. The Morgan fingerprint density at radius 1 is 1.47 bits per heavy atom. The van der Waals surface area contributed by atoms with Gasteiger partial charge in [-0.3, -0.25) is 0 Å². The van der Waals surface area contributed by atoms with Crippen molar-refractivity contribution in [3.8, 4) is 0 Å². The summed E-state index contributed by atoms with van der Waals surface area (Å²) in [5.74, 6) is -0.556. The van der Waals surface area contributed by atoms with E-state index in [1.54, 1.807) is 0 Å². The van der Waals surface area contributed by atoms with E-state index in [1.807, 2.05) is 6.92 Å². The molecule has 2 rings (SSSR count). The van der Waals surface area contributed by atoms with Crippen molar-refractivity contribution >= 4 is 26.0 Å². The molecule has 7 heteroatoms. The summed E-state index contributed by atoms with van der Waals surface area (Å²) < 4.78 is 45.0. The number of halogens is 2. The van der Waals surface area contributed by atoms with Crippen molar-refractivity contribution in [3.63, 3.8) is 0 Å². The van der Waals surface area contributed by atoms with Crippen LogP contribution in [0.3, 0.4) is 0 Å². The molecule has 1 aliphatic rings. The van der Waals surface area contributed by atoms with Crippen molar-refractivity contribution in [2.75, 3.05) is 18.4 Å². The predicted molar refractivity (Wildman–Crippen MR) is 73.3 cm³/mol. The van der Waals surface area contributed by atoms with Crippen molar-refractivity contribution in [1.29, 1.82) is 0 Å². The minimum atomic E-state index is -3.67. The largest absolute Gasteiger partial charge is 0.372 e. The quantitative estimate of drug-likeness (QED) is 0.782. The molecule has 0 aromatic heterocycles. The first kappa shape index (κ1) is 14.9. The van der Waals surface area contributed by atoms with Gasteiger partial charge in [0, 0.05) is 18.4 Å². The van der Waals surface area contributed by atoms with Gasteiger partial charge in [-0.1, -0.05) is 22.0 Å². The summed E-state index contributed by atoms with van der Waals surface area (Å²) in [4.78, 5) is -0.0186.